The molecule has 0 radical (unpaired) electrons. The van der Waals surface area contributed by atoms with Crippen molar-refractivity contribution in [2.75, 3.05) is 0 Å². The summed E-state index contributed by atoms with van der Waals surface area (Å²) < 4.78 is 7.74. The van der Waals surface area contributed by atoms with Crippen LogP contribution in [0, 0.1) is 0 Å². The van der Waals surface area contributed by atoms with E-state index >= 15 is 0 Å². The second-order valence-corrected chi connectivity index (χ2v) is 7.05. The van der Waals surface area contributed by atoms with Crippen LogP contribution in [-0.4, -0.2) is 26.6 Å². The Morgan fingerprint density at radius 3 is 2.70 bits per heavy atom. The van der Waals surface area contributed by atoms with Gasteiger partial charge in [0.25, 0.3) is 5.91 Å². The number of nitrogens with zero attached hydrogens (tertiary/aromatic N) is 4. The maximum atomic E-state index is 12.5. The van der Waals surface area contributed by atoms with Gasteiger partial charge in [0.05, 0.1) is 11.2 Å². The number of nitrogens with one attached hydrogen (secondary N) is 1. The number of hydrazone groups is 1. The van der Waals surface area contributed by atoms with Crippen molar-refractivity contribution in [1.82, 2.24) is 20.4 Å². The molecular weight excluding hydrogens is 378 g/mol. The van der Waals surface area contributed by atoms with Crippen LogP contribution in [0.25, 0.3) is 11.0 Å². The molecule has 3 aromatic carbocycles. The Morgan fingerprint density at radius 2 is 1.80 bits per heavy atom. The Balaban J connectivity index is 1.37. The number of aromatic nitrogens is 3. The number of rotatable bonds is 4. The van der Waals surface area contributed by atoms with Crippen LogP contribution in [0.2, 0.25) is 0 Å². The van der Waals surface area contributed by atoms with Gasteiger partial charge in [-0.3, -0.25) is 4.79 Å². The zero-order valence-corrected chi connectivity index (χ0v) is 16.1. The van der Waals surface area contributed by atoms with E-state index in [0.29, 0.717) is 6.42 Å². The largest absolute Gasteiger partial charge is 0.485 e. The van der Waals surface area contributed by atoms with Crippen molar-refractivity contribution in [3.63, 3.8) is 0 Å². The topological polar surface area (TPSA) is 81.4 Å². The number of benzene rings is 3. The molecule has 0 fully saturated rings. The molecule has 30 heavy (non-hydrogen) atoms. The van der Waals surface area contributed by atoms with E-state index in [0.717, 1.165) is 33.6 Å². The van der Waals surface area contributed by atoms with E-state index in [4.69, 9.17) is 4.74 Å². The summed E-state index contributed by atoms with van der Waals surface area (Å²) >= 11 is 0. The molecule has 0 bridgehead atoms. The zero-order valence-electron chi connectivity index (χ0n) is 16.1. The van der Waals surface area contributed by atoms with Gasteiger partial charge >= 0.3 is 0 Å². The minimum absolute atomic E-state index is 0.0392. The molecule has 0 saturated carbocycles. The van der Waals surface area contributed by atoms with E-state index in [1.807, 2.05) is 78.9 Å². The van der Waals surface area contributed by atoms with E-state index in [9.17, 15) is 4.79 Å². The third kappa shape index (κ3) is 3.53. The van der Waals surface area contributed by atoms with Crippen LogP contribution in [0.4, 0.5) is 0 Å². The molecule has 0 aliphatic carbocycles. The van der Waals surface area contributed by atoms with E-state index in [2.05, 4.69) is 20.8 Å². The van der Waals surface area contributed by atoms with Gasteiger partial charge in [-0.05, 0) is 29.8 Å². The summed E-state index contributed by atoms with van der Waals surface area (Å²) in [5.41, 5.74) is 6.97. The van der Waals surface area contributed by atoms with Crippen LogP contribution < -0.4 is 10.2 Å². The third-order valence-corrected chi connectivity index (χ3v) is 5.05. The van der Waals surface area contributed by atoms with Crippen molar-refractivity contribution in [2.45, 2.75) is 19.1 Å². The lowest BCUT2D eigenvalue weighted by Crippen LogP contribution is -2.28. The Labute approximate surface area is 173 Å². The normalized spacial score (nSPS) is 16.8. The van der Waals surface area contributed by atoms with Crippen molar-refractivity contribution in [3.8, 4) is 5.75 Å². The third-order valence-electron chi connectivity index (χ3n) is 5.05. The maximum absolute atomic E-state index is 12.5. The van der Waals surface area contributed by atoms with E-state index in [1.54, 1.807) is 4.68 Å². The van der Waals surface area contributed by atoms with E-state index in [1.165, 1.54) is 0 Å². The molecule has 1 aliphatic heterocycles. The van der Waals surface area contributed by atoms with Crippen molar-refractivity contribution in [2.24, 2.45) is 5.10 Å². The van der Waals surface area contributed by atoms with Gasteiger partial charge in [0.2, 0.25) is 0 Å². The van der Waals surface area contributed by atoms with E-state index < -0.39 is 0 Å². The number of amides is 1. The van der Waals surface area contributed by atoms with Crippen molar-refractivity contribution in [1.29, 1.82) is 0 Å². The molecule has 4 aromatic rings. The molecule has 5 rings (SSSR count). The Bertz CT molecular complexity index is 1230. The highest BCUT2D eigenvalue weighted by Gasteiger charge is 2.26. The van der Waals surface area contributed by atoms with Gasteiger partial charge in [0.15, 0.2) is 0 Å². The molecular formula is C23H19N5O2. The average Bonchev–Trinajstić information content (AvgIpc) is 3.20. The number of hydrogen-bond donors (Lipinski definition) is 1. The van der Waals surface area contributed by atoms with Gasteiger partial charge in [-0.2, -0.15) is 5.10 Å². The van der Waals surface area contributed by atoms with Gasteiger partial charge in [-0.1, -0.05) is 59.8 Å². The molecule has 1 amide bonds. The number of para-hydroxylation sites is 2. The SMILES string of the molecule is O=C(Cn1nnc2ccccc21)NN=C1CC(c2ccccc2)Oc2ccccc21. The first-order chi connectivity index (χ1) is 14.8. The summed E-state index contributed by atoms with van der Waals surface area (Å²) in [6, 6.07) is 25.3. The first-order valence-electron chi connectivity index (χ1n) is 9.72. The number of hydrogen-bond acceptors (Lipinski definition) is 5. The Hall–Kier alpha value is -4.00. The quantitative estimate of drug-likeness (QED) is 0.535. The number of ether oxygens (including phenoxy) is 1. The highest BCUT2D eigenvalue weighted by Crippen LogP contribution is 2.34. The number of fused-ring (bicyclic) bond motifs is 2. The smallest absolute Gasteiger partial charge is 0.261 e. The molecule has 7 nitrogen and oxygen atoms in total. The summed E-state index contributed by atoms with van der Waals surface area (Å²) in [5, 5.41) is 12.6. The molecule has 1 aromatic heterocycles. The fraction of sp³-hybridized carbons (Fsp3) is 0.130. The predicted octanol–water partition coefficient (Wildman–Crippen LogP) is 3.48. The molecule has 2 heterocycles. The van der Waals surface area contributed by atoms with E-state index in [-0.39, 0.29) is 18.6 Å². The molecule has 1 N–H and O–H groups in total. The molecule has 1 aliphatic rings. The zero-order chi connectivity index (χ0) is 20.3. The predicted molar refractivity (Wildman–Crippen MR) is 113 cm³/mol. The van der Waals surface area contributed by atoms with Gasteiger partial charge in [0.1, 0.15) is 23.9 Å². The monoisotopic (exact) mass is 397 g/mol. The minimum Gasteiger partial charge on any atom is -0.485 e. The lowest BCUT2D eigenvalue weighted by Gasteiger charge is -2.27. The molecule has 1 atom stereocenters. The van der Waals surface area contributed by atoms with Crippen LogP contribution >= 0.6 is 0 Å². The van der Waals surface area contributed by atoms with Crippen LogP contribution in [-0.2, 0) is 11.3 Å². The second kappa shape index (κ2) is 7.79. The van der Waals surface area contributed by atoms with Crippen LogP contribution in [0.5, 0.6) is 5.75 Å². The first-order valence-corrected chi connectivity index (χ1v) is 9.72. The van der Waals surface area contributed by atoms with Gasteiger partial charge in [-0.25, -0.2) is 10.1 Å². The van der Waals surface area contributed by atoms with Crippen LogP contribution in [0.15, 0.2) is 84.0 Å². The average molecular weight is 397 g/mol. The van der Waals surface area contributed by atoms with Gasteiger partial charge in [0, 0.05) is 12.0 Å². The van der Waals surface area contributed by atoms with Crippen LogP contribution in [0.1, 0.15) is 23.7 Å². The summed E-state index contributed by atoms with van der Waals surface area (Å²) in [5.74, 6) is 0.492. The second-order valence-electron chi connectivity index (χ2n) is 7.05. The van der Waals surface area contributed by atoms with Crippen molar-refractivity contribution in [3.05, 3.63) is 90.0 Å². The van der Waals surface area contributed by atoms with Crippen molar-refractivity contribution >= 4 is 22.7 Å². The highest BCUT2D eigenvalue weighted by atomic mass is 16.5. The fourth-order valence-electron chi connectivity index (χ4n) is 3.58. The molecule has 1 unspecified atom stereocenters. The van der Waals surface area contributed by atoms with Crippen molar-refractivity contribution < 1.29 is 9.53 Å². The Morgan fingerprint density at radius 1 is 1.03 bits per heavy atom. The maximum Gasteiger partial charge on any atom is 0.261 e. The first kappa shape index (κ1) is 18.1. The van der Waals surface area contributed by atoms with Crippen LogP contribution in [0.3, 0.4) is 0 Å². The lowest BCUT2D eigenvalue weighted by molar-refractivity contribution is -0.121. The fourth-order valence-corrected chi connectivity index (χ4v) is 3.58. The number of carbonyl (C=O) groups is 1. The summed E-state index contributed by atoms with van der Waals surface area (Å²) in [7, 11) is 0. The number of carbonyl (C=O) groups excluding carboxylic acids is 1. The summed E-state index contributed by atoms with van der Waals surface area (Å²) in [6.07, 6.45) is 0.407. The highest BCUT2D eigenvalue weighted by molar-refractivity contribution is 6.04. The summed E-state index contributed by atoms with van der Waals surface area (Å²) in [4.78, 5) is 12.5. The summed E-state index contributed by atoms with van der Waals surface area (Å²) in [6.45, 7) is 0.0392. The molecule has 148 valence electrons. The minimum atomic E-state index is -0.265. The van der Waals surface area contributed by atoms with Gasteiger partial charge in [-0.15, -0.1) is 5.10 Å². The molecule has 7 heteroatoms. The molecule has 0 spiro atoms. The standard InChI is InChI=1S/C23H19N5O2/c29-23(15-28-20-12-6-5-11-18(20)25-27-28)26-24-19-14-22(16-8-2-1-3-9-16)30-21-13-7-4-10-17(19)21/h1-13,22H,14-15H2,(H,26,29). The molecule has 0 saturated heterocycles. The Kier molecular flexibility index (Phi) is 4.69. The van der Waals surface area contributed by atoms with Gasteiger partial charge < -0.3 is 4.74 Å². The lowest BCUT2D eigenvalue weighted by atomic mass is 9.96.